The lowest BCUT2D eigenvalue weighted by Crippen LogP contribution is -2.09. The molecule has 20 heavy (non-hydrogen) atoms. The predicted molar refractivity (Wildman–Crippen MR) is 76.8 cm³/mol. The number of nitrogens with zero attached hydrogens (tertiary/aromatic N) is 3. The van der Waals surface area contributed by atoms with Crippen LogP contribution in [0.15, 0.2) is 30.5 Å². The molecule has 104 valence electrons. The van der Waals surface area contributed by atoms with Gasteiger partial charge in [0.1, 0.15) is 5.82 Å². The van der Waals surface area contributed by atoms with E-state index in [1.54, 1.807) is 18.3 Å². The molecule has 0 radical (unpaired) electrons. The van der Waals surface area contributed by atoms with E-state index < -0.39 is 4.92 Å². The summed E-state index contributed by atoms with van der Waals surface area (Å²) in [5, 5.41) is 13.8. The van der Waals surface area contributed by atoms with Gasteiger partial charge in [0.2, 0.25) is 0 Å². The molecule has 1 aromatic heterocycles. The Labute approximate surface area is 117 Å². The van der Waals surface area contributed by atoms with Crippen molar-refractivity contribution in [2.75, 3.05) is 11.9 Å². The van der Waals surface area contributed by atoms with Crippen molar-refractivity contribution in [2.45, 2.75) is 20.3 Å². The largest absolute Gasteiger partial charge is 0.368 e. The lowest BCUT2D eigenvalue weighted by atomic mass is 10.1. The Kier molecular flexibility index (Phi) is 4.24. The second-order valence-electron chi connectivity index (χ2n) is 4.55. The topological polar surface area (TPSA) is 81.0 Å². The van der Waals surface area contributed by atoms with Crippen molar-refractivity contribution in [3.63, 3.8) is 0 Å². The van der Waals surface area contributed by atoms with Gasteiger partial charge in [0.05, 0.1) is 16.3 Å². The van der Waals surface area contributed by atoms with E-state index in [9.17, 15) is 10.1 Å². The molecule has 0 saturated carbocycles. The Bertz CT molecular complexity index is 611. The van der Waals surface area contributed by atoms with Crippen molar-refractivity contribution >= 4 is 11.5 Å². The average Bonchev–Trinajstić information content (AvgIpc) is 2.43. The zero-order chi connectivity index (χ0) is 14.5. The number of aromatic nitrogens is 2. The van der Waals surface area contributed by atoms with Crippen molar-refractivity contribution in [3.8, 4) is 0 Å². The number of anilines is 1. The van der Waals surface area contributed by atoms with Crippen LogP contribution in [0.1, 0.15) is 17.0 Å². The maximum absolute atomic E-state index is 10.6. The molecule has 0 aliphatic rings. The van der Waals surface area contributed by atoms with Crippen molar-refractivity contribution < 1.29 is 4.92 Å². The molecule has 6 nitrogen and oxygen atoms in total. The number of rotatable bonds is 5. The molecule has 1 N–H and O–H groups in total. The van der Waals surface area contributed by atoms with Crippen LogP contribution in [0.25, 0.3) is 0 Å². The first-order valence-corrected chi connectivity index (χ1v) is 6.33. The average molecular weight is 272 g/mol. The molecular formula is C14H16N4O2. The highest BCUT2D eigenvalue weighted by Gasteiger charge is 2.04. The Balaban J connectivity index is 1.92. The molecule has 6 heteroatoms. The Morgan fingerprint density at radius 1 is 1.25 bits per heavy atom. The fourth-order valence-corrected chi connectivity index (χ4v) is 1.81. The number of aryl methyl sites for hydroxylation is 2. The van der Waals surface area contributed by atoms with Gasteiger partial charge in [-0.15, -0.1) is 0 Å². The SMILES string of the molecule is Cc1cnc(C)c(NCCc2ccc([N+](=O)[O-])cc2)n1. The van der Waals surface area contributed by atoms with E-state index in [-0.39, 0.29) is 5.69 Å². The maximum atomic E-state index is 10.6. The van der Waals surface area contributed by atoms with Crippen LogP contribution in [0.4, 0.5) is 11.5 Å². The Morgan fingerprint density at radius 3 is 2.60 bits per heavy atom. The normalized spacial score (nSPS) is 10.3. The Morgan fingerprint density at radius 2 is 1.95 bits per heavy atom. The first kappa shape index (κ1) is 13.9. The second-order valence-corrected chi connectivity index (χ2v) is 4.55. The minimum Gasteiger partial charge on any atom is -0.368 e. The first-order valence-electron chi connectivity index (χ1n) is 6.33. The molecule has 1 heterocycles. The zero-order valence-corrected chi connectivity index (χ0v) is 11.5. The van der Waals surface area contributed by atoms with E-state index in [1.165, 1.54) is 12.1 Å². The van der Waals surface area contributed by atoms with E-state index in [0.29, 0.717) is 6.54 Å². The van der Waals surface area contributed by atoms with Crippen LogP contribution >= 0.6 is 0 Å². The number of non-ortho nitro benzene ring substituents is 1. The highest BCUT2D eigenvalue weighted by molar-refractivity contribution is 5.40. The number of benzene rings is 1. The Hall–Kier alpha value is -2.50. The minimum atomic E-state index is -0.395. The van der Waals surface area contributed by atoms with Crippen molar-refractivity contribution in [1.29, 1.82) is 0 Å². The van der Waals surface area contributed by atoms with Crippen molar-refractivity contribution in [3.05, 3.63) is 57.5 Å². The van der Waals surface area contributed by atoms with Crippen LogP contribution in [0, 0.1) is 24.0 Å². The predicted octanol–water partition coefficient (Wildman–Crippen LogP) is 2.66. The van der Waals surface area contributed by atoms with Crippen LogP contribution < -0.4 is 5.32 Å². The summed E-state index contributed by atoms with van der Waals surface area (Å²) in [7, 11) is 0. The van der Waals surface area contributed by atoms with Crippen molar-refractivity contribution in [2.24, 2.45) is 0 Å². The molecule has 0 fully saturated rings. The lowest BCUT2D eigenvalue weighted by molar-refractivity contribution is -0.384. The van der Waals surface area contributed by atoms with E-state index in [4.69, 9.17) is 0 Å². The third-order valence-corrected chi connectivity index (χ3v) is 2.93. The smallest absolute Gasteiger partial charge is 0.269 e. The molecule has 1 aromatic carbocycles. The van der Waals surface area contributed by atoms with Gasteiger partial charge in [0.25, 0.3) is 5.69 Å². The molecule has 0 aliphatic carbocycles. The summed E-state index contributed by atoms with van der Waals surface area (Å²) in [4.78, 5) is 18.8. The number of nitrogens with one attached hydrogen (secondary N) is 1. The van der Waals surface area contributed by atoms with Crippen LogP contribution in [-0.4, -0.2) is 21.4 Å². The van der Waals surface area contributed by atoms with Gasteiger partial charge < -0.3 is 5.32 Å². The molecule has 2 rings (SSSR count). The number of nitro benzene ring substituents is 1. The van der Waals surface area contributed by atoms with Crippen molar-refractivity contribution in [1.82, 2.24) is 9.97 Å². The van der Waals surface area contributed by atoms with E-state index >= 15 is 0 Å². The summed E-state index contributed by atoms with van der Waals surface area (Å²) in [6, 6.07) is 6.59. The van der Waals surface area contributed by atoms with Gasteiger partial charge in [-0.25, -0.2) is 4.98 Å². The molecule has 0 amide bonds. The summed E-state index contributed by atoms with van der Waals surface area (Å²) in [5.41, 5.74) is 2.89. The van der Waals surface area contributed by atoms with Crippen LogP contribution in [0.2, 0.25) is 0 Å². The van der Waals surface area contributed by atoms with E-state index in [0.717, 1.165) is 29.2 Å². The molecule has 0 saturated heterocycles. The fourth-order valence-electron chi connectivity index (χ4n) is 1.81. The fraction of sp³-hybridized carbons (Fsp3) is 0.286. The molecule has 0 bridgehead atoms. The maximum Gasteiger partial charge on any atom is 0.269 e. The van der Waals surface area contributed by atoms with Gasteiger partial charge in [-0.05, 0) is 25.8 Å². The molecular weight excluding hydrogens is 256 g/mol. The lowest BCUT2D eigenvalue weighted by Gasteiger charge is -2.08. The number of hydrogen-bond donors (Lipinski definition) is 1. The minimum absolute atomic E-state index is 0.113. The molecule has 0 unspecified atom stereocenters. The van der Waals surface area contributed by atoms with Gasteiger partial charge in [-0.3, -0.25) is 15.1 Å². The highest BCUT2D eigenvalue weighted by atomic mass is 16.6. The summed E-state index contributed by atoms with van der Waals surface area (Å²) in [6.07, 6.45) is 2.50. The van der Waals surface area contributed by atoms with Crippen LogP contribution in [-0.2, 0) is 6.42 Å². The standard InChI is InChI=1S/C14H16N4O2/c1-10-9-16-11(2)14(17-10)15-8-7-12-3-5-13(6-4-12)18(19)20/h3-6,9H,7-8H2,1-2H3,(H,15,17). The molecule has 0 aliphatic heterocycles. The number of nitro groups is 1. The van der Waals surface area contributed by atoms with Crippen LogP contribution in [0.5, 0.6) is 0 Å². The third-order valence-electron chi connectivity index (χ3n) is 2.93. The summed E-state index contributed by atoms with van der Waals surface area (Å²) >= 11 is 0. The molecule has 0 spiro atoms. The van der Waals surface area contributed by atoms with E-state index in [2.05, 4.69) is 15.3 Å². The quantitative estimate of drug-likeness (QED) is 0.668. The van der Waals surface area contributed by atoms with Gasteiger partial charge >= 0.3 is 0 Å². The monoisotopic (exact) mass is 272 g/mol. The van der Waals surface area contributed by atoms with Gasteiger partial charge in [0.15, 0.2) is 0 Å². The second kappa shape index (κ2) is 6.10. The zero-order valence-electron chi connectivity index (χ0n) is 11.5. The third kappa shape index (κ3) is 3.50. The summed E-state index contributed by atoms with van der Waals surface area (Å²) < 4.78 is 0. The van der Waals surface area contributed by atoms with E-state index in [1.807, 2.05) is 13.8 Å². The number of hydrogen-bond acceptors (Lipinski definition) is 5. The highest BCUT2D eigenvalue weighted by Crippen LogP contribution is 2.13. The van der Waals surface area contributed by atoms with Crippen LogP contribution in [0.3, 0.4) is 0 Å². The molecule has 0 atom stereocenters. The summed E-state index contributed by atoms with van der Waals surface area (Å²) in [5.74, 6) is 0.784. The van der Waals surface area contributed by atoms with Gasteiger partial charge in [0, 0.05) is 24.9 Å². The van der Waals surface area contributed by atoms with Gasteiger partial charge in [-0.1, -0.05) is 12.1 Å². The summed E-state index contributed by atoms with van der Waals surface area (Å²) in [6.45, 7) is 4.51. The molecule has 2 aromatic rings. The first-order chi connectivity index (χ1) is 9.56. The van der Waals surface area contributed by atoms with Gasteiger partial charge in [-0.2, -0.15) is 0 Å².